The molecule has 9 nitrogen and oxygen atoms in total. The van der Waals surface area contributed by atoms with Crippen molar-refractivity contribution in [2.45, 2.75) is 288 Å². The van der Waals surface area contributed by atoms with Crippen molar-refractivity contribution < 1.29 is 39.8 Å². The van der Waals surface area contributed by atoms with E-state index in [1.807, 2.05) is 6.08 Å². The third-order valence-corrected chi connectivity index (χ3v) is 14.0. The summed E-state index contributed by atoms with van der Waals surface area (Å²) in [6.07, 6.45) is 77.0. The van der Waals surface area contributed by atoms with Crippen molar-refractivity contribution in [3.8, 4) is 0 Å². The Kier molecular flexibility index (Phi) is 52.0. The lowest BCUT2D eigenvalue weighted by atomic mass is 9.99. The Morgan fingerprint density at radius 3 is 1.25 bits per heavy atom. The van der Waals surface area contributed by atoms with Crippen LogP contribution >= 0.6 is 0 Å². The molecular formula is C68H115NO8. The molecular weight excluding hydrogens is 959 g/mol. The van der Waals surface area contributed by atoms with Gasteiger partial charge in [0.25, 0.3) is 0 Å². The van der Waals surface area contributed by atoms with Crippen molar-refractivity contribution in [1.82, 2.24) is 5.32 Å². The van der Waals surface area contributed by atoms with Gasteiger partial charge in [-0.25, -0.2) is 0 Å². The van der Waals surface area contributed by atoms with Crippen molar-refractivity contribution in [2.75, 3.05) is 13.2 Å². The van der Waals surface area contributed by atoms with E-state index in [0.717, 1.165) is 109 Å². The van der Waals surface area contributed by atoms with E-state index in [-0.39, 0.29) is 12.5 Å². The lowest BCUT2D eigenvalue weighted by molar-refractivity contribution is -0.302. The molecule has 1 aliphatic heterocycles. The molecule has 1 rings (SSSR count). The Balaban J connectivity index is 2.26. The van der Waals surface area contributed by atoms with E-state index in [1.54, 1.807) is 6.08 Å². The van der Waals surface area contributed by atoms with Gasteiger partial charge in [0.15, 0.2) is 6.29 Å². The summed E-state index contributed by atoms with van der Waals surface area (Å²) >= 11 is 0. The van der Waals surface area contributed by atoms with Crippen LogP contribution in [-0.4, -0.2) is 87.5 Å². The summed E-state index contributed by atoms with van der Waals surface area (Å²) in [6.45, 7) is 3.64. The van der Waals surface area contributed by atoms with Crippen LogP contribution in [0.2, 0.25) is 0 Å². The fraction of sp³-hybridized carbons (Fsp3) is 0.691. The molecule has 6 N–H and O–H groups in total. The minimum atomic E-state index is -1.59. The molecule has 0 saturated carbocycles. The van der Waals surface area contributed by atoms with Crippen LogP contribution in [0.4, 0.5) is 0 Å². The van der Waals surface area contributed by atoms with Crippen LogP contribution in [0.5, 0.6) is 0 Å². The number of carbonyl (C=O) groups excluding carboxylic acids is 1. The van der Waals surface area contributed by atoms with Crippen LogP contribution in [0, 0.1) is 0 Å². The lowest BCUT2D eigenvalue weighted by Crippen LogP contribution is -2.60. The first-order chi connectivity index (χ1) is 37.8. The van der Waals surface area contributed by atoms with Gasteiger partial charge in [-0.1, -0.05) is 257 Å². The molecule has 0 bridgehead atoms. The fourth-order valence-electron chi connectivity index (χ4n) is 9.11. The molecule has 77 heavy (non-hydrogen) atoms. The zero-order valence-corrected chi connectivity index (χ0v) is 48.9. The number of aliphatic hydroxyl groups excluding tert-OH is 5. The molecule has 0 aromatic heterocycles. The van der Waals surface area contributed by atoms with E-state index in [4.69, 9.17) is 9.47 Å². The van der Waals surface area contributed by atoms with Crippen LogP contribution in [0.1, 0.15) is 245 Å². The largest absolute Gasteiger partial charge is 0.394 e. The molecule has 0 aliphatic carbocycles. The van der Waals surface area contributed by atoms with E-state index in [0.29, 0.717) is 6.42 Å². The number of carbonyl (C=O) groups is 1. The highest BCUT2D eigenvalue weighted by atomic mass is 16.7. The molecule has 440 valence electrons. The molecule has 1 aliphatic rings. The van der Waals surface area contributed by atoms with Crippen molar-refractivity contribution >= 4 is 5.91 Å². The smallest absolute Gasteiger partial charge is 0.220 e. The van der Waals surface area contributed by atoms with E-state index in [1.165, 1.54) is 116 Å². The molecule has 9 heteroatoms. The van der Waals surface area contributed by atoms with Gasteiger partial charge in [-0.3, -0.25) is 4.79 Å². The summed E-state index contributed by atoms with van der Waals surface area (Å²) in [6, 6.07) is -0.845. The van der Waals surface area contributed by atoms with Crippen molar-refractivity contribution in [1.29, 1.82) is 0 Å². The highest BCUT2D eigenvalue weighted by molar-refractivity contribution is 5.76. The number of allylic oxidation sites excluding steroid dienone is 19. The zero-order valence-electron chi connectivity index (χ0n) is 48.9. The second kappa shape index (κ2) is 55.9. The van der Waals surface area contributed by atoms with Gasteiger partial charge in [-0.05, 0) is 103 Å². The first-order valence-corrected chi connectivity index (χ1v) is 31.3. The Bertz CT molecular complexity index is 1620. The minimum absolute atomic E-state index is 0.206. The molecule has 1 heterocycles. The highest BCUT2D eigenvalue weighted by Gasteiger charge is 2.44. The summed E-state index contributed by atoms with van der Waals surface area (Å²) in [5.41, 5.74) is 0. The molecule has 7 unspecified atom stereocenters. The van der Waals surface area contributed by atoms with E-state index < -0.39 is 49.5 Å². The normalized spacial score (nSPS) is 19.6. The Morgan fingerprint density at radius 1 is 0.455 bits per heavy atom. The Hall–Kier alpha value is -3.41. The van der Waals surface area contributed by atoms with Gasteiger partial charge in [-0.15, -0.1) is 0 Å². The summed E-state index contributed by atoms with van der Waals surface area (Å²) in [4.78, 5) is 13.1. The van der Waals surface area contributed by atoms with Gasteiger partial charge < -0.3 is 40.3 Å². The third kappa shape index (κ3) is 45.1. The lowest BCUT2D eigenvalue weighted by Gasteiger charge is -2.40. The van der Waals surface area contributed by atoms with Gasteiger partial charge >= 0.3 is 0 Å². The van der Waals surface area contributed by atoms with Crippen LogP contribution in [0.3, 0.4) is 0 Å². The second-order valence-corrected chi connectivity index (χ2v) is 21.1. The topological polar surface area (TPSA) is 149 Å². The van der Waals surface area contributed by atoms with Crippen LogP contribution in [-0.2, 0) is 14.3 Å². The summed E-state index contributed by atoms with van der Waals surface area (Å²) in [5.74, 6) is -0.206. The van der Waals surface area contributed by atoms with Crippen LogP contribution < -0.4 is 5.32 Å². The molecule has 0 aromatic rings. The predicted molar refractivity (Wildman–Crippen MR) is 327 cm³/mol. The molecule has 7 atom stereocenters. The number of rotatable bonds is 52. The first kappa shape index (κ1) is 71.6. The zero-order chi connectivity index (χ0) is 55.8. The molecule has 0 spiro atoms. The van der Waals surface area contributed by atoms with Gasteiger partial charge in [0.2, 0.25) is 5.91 Å². The first-order valence-electron chi connectivity index (χ1n) is 31.3. The maximum atomic E-state index is 13.1. The number of hydrogen-bond acceptors (Lipinski definition) is 8. The van der Waals surface area contributed by atoms with Crippen LogP contribution in [0.15, 0.2) is 122 Å². The summed E-state index contributed by atoms with van der Waals surface area (Å²) in [5, 5.41) is 54.6. The maximum Gasteiger partial charge on any atom is 0.220 e. The van der Waals surface area contributed by atoms with E-state index in [2.05, 4.69) is 129 Å². The molecule has 1 fully saturated rings. The Labute approximate surface area is 471 Å². The second-order valence-electron chi connectivity index (χ2n) is 21.1. The molecule has 0 aromatic carbocycles. The van der Waals surface area contributed by atoms with E-state index in [9.17, 15) is 30.3 Å². The maximum absolute atomic E-state index is 13.1. The number of aliphatic hydroxyl groups is 5. The van der Waals surface area contributed by atoms with Crippen LogP contribution in [0.25, 0.3) is 0 Å². The number of nitrogens with one attached hydrogen (secondary N) is 1. The number of unbranched alkanes of at least 4 members (excludes halogenated alkanes) is 24. The monoisotopic (exact) mass is 1070 g/mol. The number of ether oxygens (including phenoxy) is 2. The number of amides is 1. The van der Waals surface area contributed by atoms with Gasteiger partial charge in [-0.2, -0.15) is 0 Å². The van der Waals surface area contributed by atoms with Crippen molar-refractivity contribution in [3.05, 3.63) is 122 Å². The highest BCUT2D eigenvalue weighted by Crippen LogP contribution is 2.23. The van der Waals surface area contributed by atoms with E-state index >= 15 is 0 Å². The predicted octanol–water partition coefficient (Wildman–Crippen LogP) is 16.3. The summed E-state index contributed by atoms with van der Waals surface area (Å²) < 4.78 is 11.3. The average molecular weight is 1070 g/mol. The van der Waals surface area contributed by atoms with Crippen molar-refractivity contribution in [3.63, 3.8) is 0 Å². The summed E-state index contributed by atoms with van der Waals surface area (Å²) in [7, 11) is 0. The average Bonchev–Trinajstić information content (AvgIpc) is 3.43. The molecule has 1 amide bonds. The standard InChI is InChI=1S/C68H115NO8/c1-3-5-7-9-11-13-15-17-19-21-23-25-27-29-30-31-32-34-36-38-40-42-44-46-48-50-52-54-56-58-64(72)69-61(60-76-68-67(75)66(74)65(73)63(59-70)77-68)62(71)57-55-53-51-49-47-45-43-41-39-37-35-33-28-26-24-22-20-18-16-14-12-10-8-6-4-2/h5,7,11,13,17,19,23,25,29-30,32,34,38-41,47,49,55,57,61-63,65-68,70-71,73-75H,3-4,6,8-10,12,14-16,18,20-22,24,26-28,31,33,35-37,42-46,48,50-54,56,58-60H2,1-2H3,(H,69,72)/b7-5-,13-11-,19-17-,25-23-,30-29-,34-32-,40-38-,41-39+,49-47+,57-55+. The van der Waals surface area contributed by atoms with Gasteiger partial charge in [0, 0.05) is 6.42 Å². The SMILES string of the molecule is CC/C=C\C/C=C\C/C=C\C/C=C\C/C=C\C/C=C\C/C=C\CCCCCCCCCC(=O)NC(COC1OC(CO)C(O)C(O)C1O)C(O)/C=C/CC/C=C/CC/C=C/CCCCCCCCCCCCCCCCC. The Morgan fingerprint density at radius 2 is 0.818 bits per heavy atom. The number of hydrogen-bond donors (Lipinski definition) is 6. The molecule has 1 saturated heterocycles. The third-order valence-electron chi connectivity index (χ3n) is 14.0. The fourth-order valence-corrected chi connectivity index (χ4v) is 9.11. The minimum Gasteiger partial charge on any atom is -0.394 e. The quantitative estimate of drug-likeness (QED) is 0.0261. The van der Waals surface area contributed by atoms with Gasteiger partial charge in [0.1, 0.15) is 24.4 Å². The van der Waals surface area contributed by atoms with Gasteiger partial charge in [0.05, 0.1) is 25.4 Å². The van der Waals surface area contributed by atoms with Crippen molar-refractivity contribution in [2.24, 2.45) is 0 Å². The molecule has 0 radical (unpaired) electrons.